The molecule has 1 N–H and O–H groups in total. The highest BCUT2D eigenvalue weighted by molar-refractivity contribution is 7.99. The molecule has 2 nitrogen and oxygen atoms in total. The Morgan fingerprint density at radius 3 is 2.26 bits per heavy atom. The molecule has 0 amide bonds. The van der Waals surface area contributed by atoms with Gasteiger partial charge in [0.1, 0.15) is 0 Å². The van der Waals surface area contributed by atoms with Gasteiger partial charge in [0.05, 0.1) is 0 Å². The Bertz CT molecular complexity index is 243. The number of thioether (sulfide) groups is 1. The summed E-state index contributed by atoms with van der Waals surface area (Å²) in [6.07, 6.45) is 10.7. The summed E-state index contributed by atoms with van der Waals surface area (Å²) in [5, 5.41) is 4.87. The van der Waals surface area contributed by atoms with Crippen molar-refractivity contribution in [1.29, 1.82) is 0 Å². The van der Waals surface area contributed by atoms with Crippen molar-refractivity contribution in [3.8, 4) is 0 Å². The number of rotatable bonds is 5. The summed E-state index contributed by atoms with van der Waals surface area (Å²) in [5.41, 5.74) is 0. The Morgan fingerprint density at radius 1 is 1.11 bits per heavy atom. The summed E-state index contributed by atoms with van der Waals surface area (Å²) in [4.78, 5) is 2.59. The van der Waals surface area contributed by atoms with Gasteiger partial charge in [0, 0.05) is 17.3 Å². The summed E-state index contributed by atoms with van der Waals surface area (Å²) in [5.74, 6) is 0.904. The molecule has 3 heteroatoms. The molecule has 1 atom stereocenters. The Hall–Kier alpha value is 0.270. The first-order valence-electron chi connectivity index (χ1n) is 8.24. The van der Waals surface area contributed by atoms with E-state index in [4.69, 9.17) is 0 Å². The molecule has 1 saturated carbocycles. The maximum absolute atomic E-state index is 3.94. The summed E-state index contributed by atoms with van der Waals surface area (Å²) in [7, 11) is 0. The third-order valence-electron chi connectivity index (χ3n) is 5.29. The van der Waals surface area contributed by atoms with Crippen LogP contribution in [0.4, 0.5) is 0 Å². The second-order valence-electron chi connectivity index (χ2n) is 6.44. The van der Waals surface area contributed by atoms with Gasteiger partial charge >= 0.3 is 0 Å². The van der Waals surface area contributed by atoms with Gasteiger partial charge in [-0.2, -0.15) is 11.8 Å². The zero-order valence-corrected chi connectivity index (χ0v) is 13.8. The van der Waals surface area contributed by atoms with Crippen molar-refractivity contribution in [3.05, 3.63) is 0 Å². The maximum Gasteiger partial charge on any atom is 0.00705 e. The van der Waals surface area contributed by atoms with Crippen molar-refractivity contribution in [2.24, 2.45) is 5.92 Å². The van der Waals surface area contributed by atoms with E-state index < -0.39 is 0 Å². The van der Waals surface area contributed by atoms with E-state index >= 15 is 0 Å². The summed E-state index contributed by atoms with van der Waals surface area (Å²) in [6, 6.07) is 1.51. The minimum Gasteiger partial charge on any atom is -0.311 e. The molecule has 19 heavy (non-hydrogen) atoms. The highest BCUT2D eigenvalue weighted by Gasteiger charge is 2.26. The SMILES string of the molecule is CCN1CCC(C(C)NC2CCC(SC)CC2)CC1. The number of nitrogens with one attached hydrogen (secondary N) is 1. The average molecular weight is 285 g/mol. The number of hydrogen-bond donors (Lipinski definition) is 1. The quantitative estimate of drug-likeness (QED) is 0.833. The molecule has 1 aliphatic carbocycles. The maximum atomic E-state index is 3.94. The van der Waals surface area contributed by atoms with Gasteiger partial charge in [-0.05, 0) is 77.3 Å². The minimum absolute atomic E-state index is 0.717. The highest BCUT2D eigenvalue weighted by atomic mass is 32.2. The van der Waals surface area contributed by atoms with Crippen LogP contribution >= 0.6 is 11.8 Å². The van der Waals surface area contributed by atoms with Crippen LogP contribution in [-0.4, -0.2) is 48.1 Å². The van der Waals surface area contributed by atoms with Crippen LogP contribution < -0.4 is 5.32 Å². The molecule has 2 aliphatic rings. The average Bonchev–Trinajstić information content (AvgIpc) is 2.48. The third kappa shape index (κ3) is 4.64. The lowest BCUT2D eigenvalue weighted by molar-refractivity contribution is 0.160. The minimum atomic E-state index is 0.717. The molecule has 0 aromatic rings. The Balaban J connectivity index is 1.68. The van der Waals surface area contributed by atoms with E-state index in [1.165, 1.54) is 58.2 Å². The smallest absolute Gasteiger partial charge is 0.00705 e. The second-order valence-corrected chi connectivity index (χ2v) is 7.57. The van der Waals surface area contributed by atoms with Crippen molar-refractivity contribution in [3.63, 3.8) is 0 Å². The Morgan fingerprint density at radius 2 is 1.74 bits per heavy atom. The van der Waals surface area contributed by atoms with Gasteiger partial charge in [-0.15, -0.1) is 0 Å². The zero-order chi connectivity index (χ0) is 13.7. The third-order valence-corrected chi connectivity index (χ3v) is 6.43. The Kier molecular flexibility index (Phi) is 6.51. The van der Waals surface area contributed by atoms with E-state index in [2.05, 4.69) is 42.1 Å². The van der Waals surface area contributed by atoms with Crippen LogP contribution in [0.5, 0.6) is 0 Å². The van der Waals surface area contributed by atoms with E-state index in [1.54, 1.807) is 0 Å². The molecule has 0 spiro atoms. The van der Waals surface area contributed by atoms with Crippen LogP contribution in [0.2, 0.25) is 0 Å². The molecule has 1 aliphatic heterocycles. The normalized spacial score (nSPS) is 32.4. The van der Waals surface area contributed by atoms with Crippen molar-refractivity contribution >= 4 is 11.8 Å². The lowest BCUT2D eigenvalue weighted by Crippen LogP contribution is -2.46. The Labute approximate surface area is 124 Å². The molecule has 2 fully saturated rings. The van der Waals surface area contributed by atoms with Crippen LogP contribution in [0.15, 0.2) is 0 Å². The first-order chi connectivity index (χ1) is 9.22. The lowest BCUT2D eigenvalue weighted by atomic mass is 9.88. The number of nitrogens with zero attached hydrogens (tertiary/aromatic N) is 1. The topological polar surface area (TPSA) is 15.3 Å². The molecule has 0 bridgehead atoms. The van der Waals surface area contributed by atoms with Crippen molar-refractivity contribution < 1.29 is 0 Å². The van der Waals surface area contributed by atoms with Gasteiger partial charge in [0.25, 0.3) is 0 Å². The predicted molar refractivity (Wildman–Crippen MR) is 87.0 cm³/mol. The van der Waals surface area contributed by atoms with Crippen LogP contribution in [0, 0.1) is 5.92 Å². The molecule has 112 valence electrons. The van der Waals surface area contributed by atoms with E-state index in [9.17, 15) is 0 Å². The van der Waals surface area contributed by atoms with Crippen molar-refractivity contribution in [2.45, 2.75) is 69.7 Å². The molecule has 0 radical (unpaired) electrons. The zero-order valence-electron chi connectivity index (χ0n) is 13.0. The van der Waals surface area contributed by atoms with Crippen LogP contribution in [0.3, 0.4) is 0 Å². The first-order valence-corrected chi connectivity index (χ1v) is 9.53. The second kappa shape index (κ2) is 7.90. The van der Waals surface area contributed by atoms with Gasteiger partial charge < -0.3 is 10.2 Å². The summed E-state index contributed by atoms with van der Waals surface area (Å²) < 4.78 is 0. The standard InChI is InChI=1S/C16H32N2S/c1-4-18-11-9-14(10-12-18)13(2)17-15-5-7-16(19-3)8-6-15/h13-17H,4-12H2,1-3H3. The van der Waals surface area contributed by atoms with Crippen LogP contribution in [0.25, 0.3) is 0 Å². The van der Waals surface area contributed by atoms with Gasteiger partial charge in [-0.3, -0.25) is 0 Å². The van der Waals surface area contributed by atoms with Crippen molar-refractivity contribution in [2.75, 3.05) is 25.9 Å². The van der Waals surface area contributed by atoms with Crippen LogP contribution in [0.1, 0.15) is 52.4 Å². The van der Waals surface area contributed by atoms with E-state index in [0.717, 1.165) is 23.3 Å². The van der Waals surface area contributed by atoms with Gasteiger partial charge in [-0.25, -0.2) is 0 Å². The molecule has 2 rings (SSSR count). The fraction of sp³-hybridized carbons (Fsp3) is 1.00. The largest absolute Gasteiger partial charge is 0.311 e. The van der Waals surface area contributed by atoms with Crippen LogP contribution in [-0.2, 0) is 0 Å². The first kappa shape index (κ1) is 15.7. The van der Waals surface area contributed by atoms with Gasteiger partial charge in [0.2, 0.25) is 0 Å². The molecular formula is C16H32N2S. The molecular weight excluding hydrogens is 252 g/mol. The van der Waals surface area contributed by atoms with Gasteiger partial charge in [-0.1, -0.05) is 6.92 Å². The lowest BCUT2D eigenvalue weighted by Gasteiger charge is -2.37. The van der Waals surface area contributed by atoms with E-state index in [1.807, 2.05) is 0 Å². The molecule has 1 saturated heterocycles. The molecule has 0 aromatic carbocycles. The summed E-state index contributed by atoms with van der Waals surface area (Å²) in [6.45, 7) is 8.56. The number of hydrogen-bond acceptors (Lipinski definition) is 3. The number of likely N-dealkylation sites (tertiary alicyclic amines) is 1. The van der Waals surface area contributed by atoms with Crippen molar-refractivity contribution in [1.82, 2.24) is 10.2 Å². The fourth-order valence-electron chi connectivity index (χ4n) is 3.74. The predicted octanol–water partition coefficient (Wildman–Crippen LogP) is 3.37. The molecule has 0 aromatic heterocycles. The van der Waals surface area contributed by atoms with Gasteiger partial charge in [0.15, 0.2) is 0 Å². The monoisotopic (exact) mass is 284 g/mol. The van der Waals surface area contributed by atoms with E-state index in [0.29, 0.717) is 0 Å². The summed E-state index contributed by atoms with van der Waals surface area (Å²) >= 11 is 2.06. The van der Waals surface area contributed by atoms with E-state index in [-0.39, 0.29) is 0 Å². The number of piperidine rings is 1. The fourth-order valence-corrected chi connectivity index (χ4v) is 4.49. The molecule has 1 heterocycles. The molecule has 1 unspecified atom stereocenters. The highest BCUT2D eigenvalue weighted by Crippen LogP contribution is 2.28.